The summed E-state index contributed by atoms with van der Waals surface area (Å²) in [6, 6.07) is 7.71. The molecule has 1 aromatic carbocycles. The van der Waals surface area contributed by atoms with Crippen LogP contribution in [0.2, 0.25) is 0 Å². The first-order valence-corrected chi connectivity index (χ1v) is 8.29. The van der Waals surface area contributed by atoms with Crippen molar-refractivity contribution >= 4 is 29.0 Å². The molecular formula is C16H20N4O2S. The molecule has 0 fully saturated rings. The molecule has 0 bridgehead atoms. The number of benzene rings is 1. The SMILES string of the molecule is CCc1cccc(NC(=O)CCC(=O)NCc2snnc2C)c1. The molecule has 0 radical (unpaired) electrons. The second kappa shape index (κ2) is 8.38. The minimum atomic E-state index is -0.163. The highest BCUT2D eigenvalue weighted by Gasteiger charge is 2.09. The van der Waals surface area contributed by atoms with Gasteiger partial charge in [-0.1, -0.05) is 23.5 Å². The quantitative estimate of drug-likeness (QED) is 0.816. The molecule has 6 nitrogen and oxygen atoms in total. The number of nitrogens with one attached hydrogen (secondary N) is 2. The number of hydrogen-bond donors (Lipinski definition) is 2. The monoisotopic (exact) mass is 332 g/mol. The summed E-state index contributed by atoms with van der Waals surface area (Å²) in [4.78, 5) is 24.6. The minimum absolute atomic E-state index is 0.155. The number of aromatic nitrogens is 2. The lowest BCUT2D eigenvalue weighted by Crippen LogP contribution is -2.24. The van der Waals surface area contributed by atoms with Crippen molar-refractivity contribution in [3.05, 3.63) is 40.4 Å². The van der Waals surface area contributed by atoms with Crippen molar-refractivity contribution in [2.45, 2.75) is 39.7 Å². The highest BCUT2D eigenvalue weighted by molar-refractivity contribution is 7.05. The Morgan fingerprint density at radius 3 is 2.70 bits per heavy atom. The molecule has 0 unspecified atom stereocenters. The van der Waals surface area contributed by atoms with Crippen LogP contribution in [0.5, 0.6) is 0 Å². The van der Waals surface area contributed by atoms with E-state index < -0.39 is 0 Å². The molecule has 0 aliphatic rings. The maximum atomic E-state index is 11.9. The highest BCUT2D eigenvalue weighted by atomic mass is 32.1. The Morgan fingerprint density at radius 1 is 1.22 bits per heavy atom. The molecule has 0 saturated carbocycles. The molecule has 0 spiro atoms. The molecule has 23 heavy (non-hydrogen) atoms. The number of carbonyl (C=O) groups is 2. The number of nitrogens with zero attached hydrogens (tertiary/aromatic N) is 2. The zero-order chi connectivity index (χ0) is 16.7. The van der Waals surface area contributed by atoms with Gasteiger partial charge in [0.15, 0.2) is 0 Å². The molecule has 0 aliphatic carbocycles. The van der Waals surface area contributed by atoms with E-state index in [4.69, 9.17) is 0 Å². The molecule has 2 N–H and O–H groups in total. The van der Waals surface area contributed by atoms with Gasteiger partial charge < -0.3 is 10.6 Å². The molecule has 0 aliphatic heterocycles. The number of aryl methyl sites for hydroxylation is 2. The third kappa shape index (κ3) is 5.45. The first-order valence-electron chi connectivity index (χ1n) is 7.51. The van der Waals surface area contributed by atoms with Gasteiger partial charge in [-0.05, 0) is 42.6 Å². The molecule has 1 aromatic heterocycles. The summed E-state index contributed by atoms with van der Waals surface area (Å²) in [7, 11) is 0. The lowest BCUT2D eigenvalue weighted by molar-refractivity contribution is -0.124. The predicted octanol–water partition coefficient (Wildman–Crippen LogP) is 2.44. The Bertz CT molecular complexity index is 684. The first kappa shape index (κ1) is 17.1. The van der Waals surface area contributed by atoms with Crippen LogP contribution in [0.15, 0.2) is 24.3 Å². The van der Waals surface area contributed by atoms with Gasteiger partial charge in [0, 0.05) is 18.5 Å². The van der Waals surface area contributed by atoms with E-state index in [2.05, 4.69) is 27.1 Å². The zero-order valence-corrected chi connectivity index (χ0v) is 14.1. The van der Waals surface area contributed by atoms with Gasteiger partial charge in [-0.15, -0.1) is 5.10 Å². The fourth-order valence-electron chi connectivity index (χ4n) is 2.00. The van der Waals surface area contributed by atoms with Crippen LogP contribution < -0.4 is 10.6 Å². The Balaban J connectivity index is 1.73. The lowest BCUT2D eigenvalue weighted by Gasteiger charge is -2.07. The van der Waals surface area contributed by atoms with Gasteiger partial charge in [0.25, 0.3) is 0 Å². The van der Waals surface area contributed by atoms with Gasteiger partial charge in [-0.25, -0.2) is 0 Å². The van der Waals surface area contributed by atoms with Crippen molar-refractivity contribution in [2.24, 2.45) is 0 Å². The van der Waals surface area contributed by atoms with E-state index in [0.717, 1.165) is 28.2 Å². The van der Waals surface area contributed by atoms with E-state index >= 15 is 0 Å². The van der Waals surface area contributed by atoms with Crippen LogP contribution >= 0.6 is 11.5 Å². The molecular weight excluding hydrogens is 312 g/mol. The molecule has 2 aromatic rings. The maximum Gasteiger partial charge on any atom is 0.224 e. The largest absolute Gasteiger partial charge is 0.351 e. The summed E-state index contributed by atoms with van der Waals surface area (Å²) < 4.78 is 3.81. The van der Waals surface area contributed by atoms with E-state index in [1.807, 2.05) is 31.2 Å². The van der Waals surface area contributed by atoms with E-state index in [9.17, 15) is 9.59 Å². The van der Waals surface area contributed by atoms with Crippen LogP contribution in [0.3, 0.4) is 0 Å². The number of hydrogen-bond acceptors (Lipinski definition) is 5. The summed E-state index contributed by atoms with van der Waals surface area (Å²) >= 11 is 1.27. The maximum absolute atomic E-state index is 11.9. The van der Waals surface area contributed by atoms with E-state index in [1.54, 1.807) is 0 Å². The summed E-state index contributed by atoms with van der Waals surface area (Å²) in [5, 5.41) is 9.47. The van der Waals surface area contributed by atoms with Crippen LogP contribution in [0.4, 0.5) is 5.69 Å². The molecule has 7 heteroatoms. The van der Waals surface area contributed by atoms with Crippen LogP contribution in [0.25, 0.3) is 0 Å². The van der Waals surface area contributed by atoms with Crippen LogP contribution in [0.1, 0.15) is 35.9 Å². The van der Waals surface area contributed by atoms with Gasteiger partial charge in [-0.3, -0.25) is 9.59 Å². The fourth-order valence-corrected chi connectivity index (χ4v) is 2.57. The number of rotatable bonds is 7. The third-order valence-electron chi connectivity index (χ3n) is 3.39. The molecule has 1 heterocycles. The number of anilines is 1. The first-order chi connectivity index (χ1) is 11.1. The number of carbonyl (C=O) groups excluding carboxylic acids is 2. The molecule has 122 valence electrons. The highest BCUT2D eigenvalue weighted by Crippen LogP contribution is 2.12. The van der Waals surface area contributed by atoms with Gasteiger partial charge >= 0.3 is 0 Å². The Hall–Kier alpha value is -2.28. The van der Waals surface area contributed by atoms with E-state index in [0.29, 0.717) is 6.54 Å². The van der Waals surface area contributed by atoms with Crippen LogP contribution in [-0.4, -0.2) is 21.4 Å². The summed E-state index contributed by atoms with van der Waals surface area (Å²) in [6.07, 6.45) is 1.23. The number of amides is 2. The van der Waals surface area contributed by atoms with Crippen molar-refractivity contribution in [3.63, 3.8) is 0 Å². The smallest absolute Gasteiger partial charge is 0.224 e. The molecule has 0 atom stereocenters. The Kier molecular flexibility index (Phi) is 6.22. The third-order valence-corrected chi connectivity index (χ3v) is 4.21. The van der Waals surface area contributed by atoms with E-state index in [-0.39, 0.29) is 24.7 Å². The lowest BCUT2D eigenvalue weighted by atomic mass is 10.1. The normalized spacial score (nSPS) is 10.3. The van der Waals surface area contributed by atoms with Crippen LogP contribution in [0, 0.1) is 6.92 Å². The predicted molar refractivity (Wildman–Crippen MR) is 90.2 cm³/mol. The topological polar surface area (TPSA) is 84.0 Å². The minimum Gasteiger partial charge on any atom is -0.351 e. The fraction of sp³-hybridized carbons (Fsp3) is 0.375. The van der Waals surface area contributed by atoms with Gasteiger partial charge in [0.05, 0.1) is 17.1 Å². The second-order valence-electron chi connectivity index (χ2n) is 5.16. The summed E-state index contributed by atoms with van der Waals surface area (Å²) in [6.45, 7) is 4.32. The van der Waals surface area contributed by atoms with Crippen molar-refractivity contribution in [2.75, 3.05) is 5.32 Å². The van der Waals surface area contributed by atoms with Crippen molar-refractivity contribution < 1.29 is 9.59 Å². The van der Waals surface area contributed by atoms with Crippen molar-refractivity contribution in [3.8, 4) is 0 Å². The standard InChI is InChI=1S/C16H20N4O2S/c1-3-12-5-4-6-13(9-12)18-16(22)8-7-15(21)17-10-14-11(2)19-20-23-14/h4-6,9H,3,7-8,10H2,1-2H3,(H,17,21)(H,18,22). The van der Waals surface area contributed by atoms with Gasteiger partial charge in [0.2, 0.25) is 11.8 Å². The summed E-state index contributed by atoms with van der Waals surface area (Å²) in [5.74, 6) is -0.320. The summed E-state index contributed by atoms with van der Waals surface area (Å²) in [5.41, 5.74) is 2.75. The average Bonchev–Trinajstić information content (AvgIpc) is 2.96. The average molecular weight is 332 g/mol. The zero-order valence-electron chi connectivity index (χ0n) is 13.3. The molecule has 0 saturated heterocycles. The second-order valence-corrected chi connectivity index (χ2v) is 6.00. The van der Waals surface area contributed by atoms with Gasteiger partial charge in [0.1, 0.15) is 0 Å². The van der Waals surface area contributed by atoms with Crippen LogP contribution in [-0.2, 0) is 22.6 Å². The van der Waals surface area contributed by atoms with E-state index in [1.165, 1.54) is 11.5 Å². The molecule has 2 amide bonds. The van der Waals surface area contributed by atoms with Crippen molar-refractivity contribution in [1.29, 1.82) is 0 Å². The Labute approximate surface area is 139 Å². The molecule has 2 rings (SSSR count). The van der Waals surface area contributed by atoms with Crippen molar-refractivity contribution in [1.82, 2.24) is 14.9 Å². The Morgan fingerprint density at radius 2 is 2.00 bits per heavy atom. The van der Waals surface area contributed by atoms with Gasteiger partial charge in [-0.2, -0.15) is 0 Å².